The molecule has 0 spiro atoms. The van der Waals surface area contributed by atoms with E-state index in [0.717, 1.165) is 5.69 Å². The molecule has 2 aliphatic heterocycles. The van der Waals surface area contributed by atoms with Crippen LogP contribution in [0.25, 0.3) is 0 Å². The lowest BCUT2D eigenvalue weighted by Gasteiger charge is -2.38. The van der Waals surface area contributed by atoms with Crippen molar-refractivity contribution < 1.29 is 19.1 Å². The molecular formula is C20H28N4O4. The van der Waals surface area contributed by atoms with E-state index < -0.39 is 0 Å². The fourth-order valence-electron chi connectivity index (χ4n) is 3.71. The maximum atomic E-state index is 12.9. The number of carbonyl (C=O) groups excluding carboxylic acids is 3. The quantitative estimate of drug-likeness (QED) is 0.756. The number of carbonyl (C=O) groups is 3. The molecule has 1 aromatic rings. The lowest BCUT2D eigenvalue weighted by molar-refractivity contribution is -0.144. The molecule has 0 N–H and O–H groups in total. The molecule has 1 atom stereocenters. The van der Waals surface area contributed by atoms with Crippen LogP contribution in [0.15, 0.2) is 24.4 Å². The van der Waals surface area contributed by atoms with Crippen molar-refractivity contribution >= 4 is 17.9 Å². The number of likely N-dealkylation sites (tertiary alicyclic amines) is 1. The monoisotopic (exact) mass is 388 g/mol. The highest BCUT2D eigenvalue weighted by Gasteiger charge is 2.34. The van der Waals surface area contributed by atoms with Crippen LogP contribution in [0.1, 0.15) is 25.5 Å². The van der Waals surface area contributed by atoms with E-state index >= 15 is 0 Å². The minimum Gasteiger partial charge on any atom is -0.450 e. The summed E-state index contributed by atoms with van der Waals surface area (Å²) >= 11 is 0. The van der Waals surface area contributed by atoms with Gasteiger partial charge in [0.15, 0.2) is 0 Å². The molecule has 28 heavy (non-hydrogen) atoms. The fourth-order valence-corrected chi connectivity index (χ4v) is 3.71. The highest BCUT2D eigenvalue weighted by Crippen LogP contribution is 2.21. The zero-order valence-corrected chi connectivity index (χ0v) is 16.4. The molecule has 152 valence electrons. The van der Waals surface area contributed by atoms with Crippen LogP contribution in [0.3, 0.4) is 0 Å². The van der Waals surface area contributed by atoms with E-state index in [0.29, 0.717) is 65.1 Å². The molecule has 0 radical (unpaired) electrons. The first-order valence-corrected chi connectivity index (χ1v) is 9.96. The van der Waals surface area contributed by atoms with Gasteiger partial charge in [-0.05, 0) is 25.5 Å². The van der Waals surface area contributed by atoms with Crippen molar-refractivity contribution in [3.05, 3.63) is 30.1 Å². The van der Waals surface area contributed by atoms with Gasteiger partial charge in [-0.1, -0.05) is 6.07 Å². The zero-order chi connectivity index (χ0) is 19.9. The molecule has 0 aromatic carbocycles. The van der Waals surface area contributed by atoms with E-state index in [1.54, 1.807) is 22.9 Å². The van der Waals surface area contributed by atoms with Crippen molar-refractivity contribution in [2.24, 2.45) is 5.92 Å². The van der Waals surface area contributed by atoms with Gasteiger partial charge in [0.05, 0.1) is 12.5 Å². The molecule has 8 heteroatoms. The van der Waals surface area contributed by atoms with Crippen LogP contribution in [-0.4, -0.2) is 83.5 Å². The standard InChI is InChI=1S/C20H28N4O4/c1-2-28-20(27)23-13-11-22(12-14-23)19(26)16-6-7-18(25)24(15-16)10-8-17-5-3-4-9-21-17/h3-5,9,16H,2,6-8,10-15H2,1H3/t16-/m0/s1. The molecule has 3 heterocycles. The van der Waals surface area contributed by atoms with Gasteiger partial charge in [0.2, 0.25) is 11.8 Å². The SMILES string of the molecule is CCOC(=O)N1CCN(C(=O)[C@H]2CCC(=O)N(CCc3ccccn3)C2)CC1. The average molecular weight is 388 g/mol. The Bertz CT molecular complexity index is 689. The summed E-state index contributed by atoms with van der Waals surface area (Å²) in [4.78, 5) is 46.5. The first-order valence-electron chi connectivity index (χ1n) is 9.96. The Morgan fingerprint density at radius 1 is 1.18 bits per heavy atom. The third kappa shape index (κ3) is 4.99. The van der Waals surface area contributed by atoms with Gasteiger partial charge in [0.1, 0.15) is 0 Å². The highest BCUT2D eigenvalue weighted by atomic mass is 16.6. The van der Waals surface area contributed by atoms with Crippen LogP contribution < -0.4 is 0 Å². The number of piperidine rings is 1. The topological polar surface area (TPSA) is 83.0 Å². The summed E-state index contributed by atoms with van der Waals surface area (Å²) < 4.78 is 5.02. The van der Waals surface area contributed by atoms with Gasteiger partial charge in [-0.15, -0.1) is 0 Å². The predicted molar refractivity (Wildman–Crippen MR) is 102 cm³/mol. The van der Waals surface area contributed by atoms with Crippen LogP contribution >= 0.6 is 0 Å². The third-order valence-electron chi connectivity index (χ3n) is 5.33. The number of piperazine rings is 1. The number of nitrogens with zero attached hydrogens (tertiary/aromatic N) is 4. The van der Waals surface area contributed by atoms with Gasteiger partial charge in [-0.3, -0.25) is 14.6 Å². The Kier molecular flexibility index (Phi) is 6.84. The molecule has 3 amide bonds. The molecule has 2 aliphatic rings. The van der Waals surface area contributed by atoms with Crippen LogP contribution in [-0.2, 0) is 20.7 Å². The second-order valence-electron chi connectivity index (χ2n) is 7.16. The first-order chi connectivity index (χ1) is 13.6. The van der Waals surface area contributed by atoms with Gasteiger partial charge < -0.3 is 19.4 Å². The second kappa shape index (κ2) is 9.52. The zero-order valence-electron chi connectivity index (χ0n) is 16.4. The largest absolute Gasteiger partial charge is 0.450 e. The summed E-state index contributed by atoms with van der Waals surface area (Å²) in [5.74, 6) is 0.0153. The van der Waals surface area contributed by atoms with Crippen LogP contribution in [0.5, 0.6) is 0 Å². The molecule has 0 bridgehead atoms. The maximum absolute atomic E-state index is 12.9. The summed E-state index contributed by atoms with van der Waals surface area (Å²) in [6, 6.07) is 5.74. The Morgan fingerprint density at radius 2 is 1.93 bits per heavy atom. The minimum atomic E-state index is -0.321. The van der Waals surface area contributed by atoms with E-state index in [-0.39, 0.29) is 23.8 Å². The average Bonchev–Trinajstić information content (AvgIpc) is 2.73. The number of ether oxygens (including phenoxy) is 1. The van der Waals surface area contributed by atoms with E-state index in [1.165, 1.54) is 0 Å². The Morgan fingerprint density at radius 3 is 2.61 bits per heavy atom. The van der Waals surface area contributed by atoms with E-state index in [4.69, 9.17) is 4.74 Å². The summed E-state index contributed by atoms with van der Waals surface area (Å²) in [6.45, 7) is 5.16. The molecule has 3 rings (SSSR count). The van der Waals surface area contributed by atoms with Crippen molar-refractivity contribution in [1.29, 1.82) is 0 Å². The van der Waals surface area contributed by atoms with Crippen molar-refractivity contribution in [2.75, 3.05) is 45.9 Å². The molecule has 1 aromatic heterocycles. The molecule has 8 nitrogen and oxygen atoms in total. The van der Waals surface area contributed by atoms with Crippen LogP contribution in [0.2, 0.25) is 0 Å². The molecule has 2 saturated heterocycles. The number of pyridine rings is 1. The molecular weight excluding hydrogens is 360 g/mol. The summed E-state index contributed by atoms with van der Waals surface area (Å²) in [5.41, 5.74) is 0.943. The van der Waals surface area contributed by atoms with Crippen molar-refractivity contribution in [2.45, 2.75) is 26.2 Å². The van der Waals surface area contributed by atoms with Gasteiger partial charge in [0.25, 0.3) is 0 Å². The lowest BCUT2D eigenvalue weighted by atomic mass is 9.95. The van der Waals surface area contributed by atoms with Gasteiger partial charge in [-0.2, -0.15) is 0 Å². The number of hydrogen-bond acceptors (Lipinski definition) is 5. The molecule has 0 aliphatic carbocycles. The Balaban J connectivity index is 1.50. The molecule has 0 saturated carbocycles. The normalized spacial score (nSPS) is 20.2. The molecule has 2 fully saturated rings. The minimum absolute atomic E-state index is 0.0823. The summed E-state index contributed by atoms with van der Waals surface area (Å²) in [7, 11) is 0. The molecule has 0 unspecified atom stereocenters. The van der Waals surface area contributed by atoms with Crippen molar-refractivity contribution in [3.8, 4) is 0 Å². The van der Waals surface area contributed by atoms with E-state index in [2.05, 4.69) is 4.98 Å². The van der Waals surface area contributed by atoms with Gasteiger partial charge in [-0.25, -0.2) is 4.79 Å². The summed E-state index contributed by atoms with van der Waals surface area (Å²) in [5, 5.41) is 0. The smallest absolute Gasteiger partial charge is 0.409 e. The van der Waals surface area contributed by atoms with E-state index in [9.17, 15) is 14.4 Å². The lowest BCUT2D eigenvalue weighted by Crippen LogP contribution is -2.54. The van der Waals surface area contributed by atoms with Crippen molar-refractivity contribution in [3.63, 3.8) is 0 Å². The Labute approximate surface area is 165 Å². The van der Waals surface area contributed by atoms with Crippen molar-refractivity contribution in [1.82, 2.24) is 19.7 Å². The third-order valence-corrected chi connectivity index (χ3v) is 5.33. The van der Waals surface area contributed by atoms with Crippen LogP contribution in [0.4, 0.5) is 4.79 Å². The van der Waals surface area contributed by atoms with Gasteiger partial charge in [0, 0.05) is 64.0 Å². The number of rotatable bonds is 5. The maximum Gasteiger partial charge on any atom is 0.409 e. The fraction of sp³-hybridized carbons (Fsp3) is 0.600. The number of hydrogen-bond donors (Lipinski definition) is 0. The summed E-state index contributed by atoms with van der Waals surface area (Å²) in [6.07, 6.45) is 3.11. The van der Waals surface area contributed by atoms with Crippen LogP contribution in [0, 0.1) is 5.92 Å². The highest BCUT2D eigenvalue weighted by molar-refractivity contribution is 5.84. The predicted octanol–water partition coefficient (Wildman–Crippen LogP) is 1.16. The number of aromatic nitrogens is 1. The Hall–Kier alpha value is -2.64. The first kappa shape index (κ1) is 20.1. The second-order valence-corrected chi connectivity index (χ2v) is 7.16. The van der Waals surface area contributed by atoms with E-state index in [1.807, 2.05) is 23.1 Å². The number of amides is 3. The van der Waals surface area contributed by atoms with Gasteiger partial charge >= 0.3 is 6.09 Å².